The summed E-state index contributed by atoms with van der Waals surface area (Å²) in [6, 6.07) is 5.64. The van der Waals surface area contributed by atoms with Gasteiger partial charge in [0.15, 0.2) is 5.96 Å². The first kappa shape index (κ1) is 16.9. The van der Waals surface area contributed by atoms with Crippen LogP contribution in [0.3, 0.4) is 0 Å². The minimum absolute atomic E-state index is 0.00210. The third-order valence-electron chi connectivity index (χ3n) is 2.57. The normalized spacial score (nSPS) is 10.9. The second kappa shape index (κ2) is 7.60. The molecule has 0 radical (unpaired) electrons. The Kier molecular flexibility index (Phi) is 6.12. The van der Waals surface area contributed by atoms with Crippen LogP contribution in [0.4, 0.5) is 5.69 Å². The summed E-state index contributed by atoms with van der Waals surface area (Å²) in [5.74, 6) is -0.127. The summed E-state index contributed by atoms with van der Waals surface area (Å²) in [4.78, 5) is 15.5. The average molecular weight is 313 g/mol. The highest BCUT2D eigenvalue weighted by atomic mass is 32.2. The monoisotopic (exact) mass is 313 g/mol. The third kappa shape index (κ3) is 6.72. The van der Waals surface area contributed by atoms with Crippen LogP contribution in [0.2, 0.25) is 0 Å². The maximum absolute atomic E-state index is 11.7. The highest BCUT2D eigenvalue weighted by Gasteiger charge is 2.07. The van der Waals surface area contributed by atoms with Crippen LogP contribution < -0.4 is 21.9 Å². The summed E-state index contributed by atoms with van der Waals surface area (Å²) in [5, 5.41) is 7.64. The Balaban J connectivity index is 2.40. The molecule has 116 valence electrons. The third-order valence-corrected chi connectivity index (χ3v) is 3.50. The number of guanidine groups is 1. The van der Waals surface area contributed by atoms with E-state index in [2.05, 4.69) is 10.3 Å². The standard InChI is InChI=1S/C12H19N5O3S/c13-12(14)16-8-2-1-3-11(18)17-9-4-6-10(7-5-9)21(15,19)20/h4-7H,1-3,8H2,(H,17,18)(H4,13,14,16)(H2,15,19,20). The number of sulfonamides is 1. The van der Waals surface area contributed by atoms with Crippen molar-refractivity contribution in [3.63, 3.8) is 0 Å². The van der Waals surface area contributed by atoms with Crippen molar-refractivity contribution < 1.29 is 13.2 Å². The smallest absolute Gasteiger partial charge is 0.238 e. The van der Waals surface area contributed by atoms with Gasteiger partial charge in [-0.05, 0) is 37.1 Å². The van der Waals surface area contributed by atoms with E-state index in [0.29, 0.717) is 31.5 Å². The number of primary sulfonamides is 1. The van der Waals surface area contributed by atoms with Gasteiger partial charge in [-0.1, -0.05) is 0 Å². The maximum atomic E-state index is 11.7. The maximum Gasteiger partial charge on any atom is 0.238 e. The quantitative estimate of drug-likeness (QED) is 0.309. The number of aliphatic imine (C=N–C) groups is 1. The first-order chi connectivity index (χ1) is 9.79. The van der Waals surface area contributed by atoms with Crippen LogP contribution in [0, 0.1) is 0 Å². The Hall–Kier alpha value is -2.13. The van der Waals surface area contributed by atoms with Crippen molar-refractivity contribution in [2.24, 2.45) is 21.6 Å². The molecule has 1 aromatic rings. The van der Waals surface area contributed by atoms with Crippen LogP contribution in [-0.4, -0.2) is 26.8 Å². The molecule has 8 nitrogen and oxygen atoms in total. The Morgan fingerprint density at radius 1 is 1.14 bits per heavy atom. The number of amides is 1. The number of hydrogen-bond acceptors (Lipinski definition) is 4. The lowest BCUT2D eigenvalue weighted by Gasteiger charge is -2.05. The molecule has 21 heavy (non-hydrogen) atoms. The molecule has 0 heterocycles. The molecule has 0 atom stereocenters. The fraction of sp³-hybridized carbons (Fsp3) is 0.333. The van der Waals surface area contributed by atoms with Crippen LogP contribution >= 0.6 is 0 Å². The molecule has 0 spiro atoms. The number of anilines is 1. The summed E-state index contributed by atoms with van der Waals surface area (Å²) in [7, 11) is -3.72. The van der Waals surface area contributed by atoms with Gasteiger partial charge in [0.1, 0.15) is 0 Å². The van der Waals surface area contributed by atoms with E-state index in [1.165, 1.54) is 24.3 Å². The fourth-order valence-electron chi connectivity index (χ4n) is 1.56. The molecular formula is C12H19N5O3S. The van der Waals surface area contributed by atoms with Gasteiger partial charge < -0.3 is 16.8 Å². The SMILES string of the molecule is NC(N)=NCCCCC(=O)Nc1ccc(S(N)(=O)=O)cc1. The summed E-state index contributed by atoms with van der Waals surface area (Å²) >= 11 is 0. The predicted octanol–water partition coefficient (Wildman–Crippen LogP) is -0.284. The minimum Gasteiger partial charge on any atom is -0.370 e. The number of benzene rings is 1. The van der Waals surface area contributed by atoms with Gasteiger partial charge >= 0.3 is 0 Å². The Morgan fingerprint density at radius 2 is 1.76 bits per heavy atom. The van der Waals surface area contributed by atoms with Crippen molar-refractivity contribution in [2.45, 2.75) is 24.2 Å². The van der Waals surface area contributed by atoms with E-state index >= 15 is 0 Å². The minimum atomic E-state index is -3.72. The first-order valence-corrected chi connectivity index (χ1v) is 7.82. The van der Waals surface area contributed by atoms with Crippen LogP contribution in [0.15, 0.2) is 34.2 Å². The molecule has 0 aromatic heterocycles. The van der Waals surface area contributed by atoms with Gasteiger partial charge in [-0.25, -0.2) is 13.6 Å². The van der Waals surface area contributed by atoms with Crippen molar-refractivity contribution in [2.75, 3.05) is 11.9 Å². The zero-order valence-corrected chi connectivity index (χ0v) is 12.3. The van der Waals surface area contributed by atoms with E-state index < -0.39 is 10.0 Å². The van der Waals surface area contributed by atoms with Crippen LogP contribution in [0.5, 0.6) is 0 Å². The molecule has 0 saturated carbocycles. The number of nitrogens with one attached hydrogen (secondary N) is 1. The van der Waals surface area contributed by atoms with Gasteiger partial charge in [-0.15, -0.1) is 0 Å². The van der Waals surface area contributed by atoms with Gasteiger partial charge in [0, 0.05) is 18.7 Å². The Morgan fingerprint density at radius 3 is 2.29 bits per heavy atom. The van der Waals surface area contributed by atoms with Gasteiger partial charge in [0.05, 0.1) is 4.90 Å². The molecule has 0 unspecified atom stereocenters. The lowest BCUT2D eigenvalue weighted by atomic mass is 10.2. The highest BCUT2D eigenvalue weighted by Crippen LogP contribution is 2.13. The molecule has 1 aromatic carbocycles. The van der Waals surface area contributed by atoms with E-state index in [9.17, 15) is 13.2 Å². The molecule has 7 N–H and O–H groups in total. The van der Waals surface area contributed by atoms with Crippen LogP contribution in [-0.2, 0) is 14.8 Å². The number of rotatable bonds is 7. The fourth-order valence-corrected chi connectivity index (χ4v) is 2.07. The van der Waals surface area contributed by atoms with E-state index in [0.717, 1.165) is 0 Å². The summed E-state index contributed by atoms with van der Waals surface area (Å²) < 4.78 is 22.2. The van der Waals surface area contributed by atoms with Crippen LogP contribution in [0.25, 0.3) is 0 Å². The molecule has 9 heteroatoms. The molecule has 0 aliphatic carbocycles. The van der Waals surface area contributed by atoms with Gasteiger partial charge in [0.2, 0.25) is 15.9 Å². The number of unbranched alkanes of at least 4 members (excludes halogenated alkanes) is 1. The van der Waals surface area contributed by atoms with E-state index in [-0.39, 0.29) is 16.8 Å². The highest BCUT2D eigenvalue weighted by molar-refractivity contribution is 7.89. The second-order valence-corrected chi connectivity index (χ2v) is 5.94. The molecule has 0 fully saturated rings. The molecule has 0 saturated heterocycles. The number of nitrogens with zero attached hydrogens (tertiary/aromatic N) is 1. The van der Waals surface area contributed by atoms with Gasteiger partial charge in [0.25, 0.3) is 0 Å². The van der Waals surface area contributed by atoms with Crippen molar-refractivity contribution in [3.8, 4) is 0 Å². The van der Waals surface area contributed by atoms with E-state index in [4.69, 9.17) is 16.6 Å². The molecular weight excluding hydrogens is 294 g/mol. The molecule has 0 bridgehead atoms. The number of carbonyl (C=O) groups is 1. The van der Waals surface area contributed by atoms with Gasteiger partial charge in [-0.2, -0.15) is 0 Å². The lowest BCUT2D eigenvalue weighted by Crippen LogP contribution is -2.23. The van der Waals surface area contributed by atoms with Crippen molar-refractivity contribution in [1.82, 2.24) is 0 Å². The molecule has 0 aliphatic rings. The average Bonchev–Trinajstić information content (AvgIpc) is 2.37. The first-order valence-electron chi connectivity index (χ1n) is 6.27. The van der Waals surface area contributed by atoms with Crippen molar-refractivity contribution in [3.05, 3.63) is 24.3 Å². The predicted molar refractivity (Wildman–Crippen MR) is 81.0 cm³/mol. The summed E-state index contributed by atoms with van der Waals surface area (Å²) in [5.41, 5.74) is 10.9. The number of nitrogens with two attached hydrogens (primary N) is 3. The van der Waals surface area contributed by atoms with E-state index in [1.807, 2.05) is 0 Å². The van der Waals surface area contributed by atoms with Crippen molar-refractivity contribution in [1.29, 1.82) is 0 Å². The Labute approximate surface area is 123 Å². The van der Waals surface area contributed by atoms with E-state index in [1.54, 1.807) is 0 Å². The van der Waals surface area contributed by atoms with Crippen molar-refractivity contribution >= 4 is 27.6 Å². The number of hydrogen-bond donors (Lipinski definition) is 4. The molecule has 1 amide bonds. The molecule has 1 rings (SSSR count). The lowest BCUT2D eigenvalue weighted by molar-refractivity contribution is -0.116. The zero-order valence-electron chi connectivity index (χ0n) is 11.5. The largest absolute Gasteiger partial charge is 0.370 e. The second-order valence-electron chi connectivity index (χ2n) is 4.38. The van der Waals surface area contributed by atoms with Crippen LogP contribution in [0.1, 0.15) is 19.3 Å². The molecule has 0 aliphatic heterocycles. The summed E-state index contributed by atoms with van der Waals surface area (Å²) in [6.45, 7) is 0.485. The van der Waals surface area contributed by atoms with Gasteiger partial charge in [-0.3, -0.25) is 9.79 Å². The zero-order chi connectivity index (χ0) is 15.9. The Bertz CT molecular complexity index is 606. The topological polar surface area (TPSA) is 154 Å². The summed E-state index contributed by atoms with van der Waals surface area (Å²) in [6.07, 6.45) is 1.69. The number of carbonyl (C=O) groups excluding carboxylic acids is 1.